The number of aromatic nitrogens is 2. The van der Waals surface area contributed by atoms with Crippen molar-refractivity contribution < 1.29 is 9.84 Å². The number of nitrogens with zero attached hydrogens (tertiary/aromatic N) is 2. The van der Waals surface area contributed by atoms with Gasteiger partial charge in [-0.2, -0.15) is 5.10 Å². The predicted molar refractivity (Wildman–Crippen MR) is 72.9 cm³/mol. The van der Waals surface area contributed by atoms with Crippen molar-refractivity contribution in [2.45, 2.75) is 58.9 Å². The van der Waals surface area contributed by atoms with E-state index < -0.39 is 0 Å². The Kier molecular flexibility index (Phi) is 7.49. The number of hydrogen-bond donors (Lipinski definition) is 1. The molecule has 0 aliphatic carbocycles. The van der Waals surface area contributed by atoms with E-state index >= 15 is 0 Å². The molecule has 0 aliphatic heterocycles. The average molecular weight is 254 g/mol. The van der Waals surface area contributed by atoms with E-state index in [0.29, 0.717) is 6.61 Å². The Morgan fingerprint density at radius 3 is 2.67 bits per heavy atom. The summed E-state index contributed by atoms with van der Waals surface area (Å²) in [5.41, 5.74) is 1.03. The number of aryl methyl sites for hydroxylation is 2. The molecule has 0 radical (unpaired) electrons. The first-order valence-corrected chi connectivity index (χ1v) is 7.11. The summed E-state index contributed by atoms with van der Waals surface area (Å²) in [6.07, 6.45) is 9.21. The lowest BCUT2D eigenvalue weighted by molar-refractivity contribution is 0.200. The van der Waals surface area contributed by atoms with E-state index in [4.69, 9.17) is 9.84 Å². The van der Waals surface area contributed by atoms with E-state index in [1.807, 2.05) is 10.9 Å². The smallest absolute Gasteiger partial charge is 0.160 e. The fraction of sp³-hybridized carbons (Fsp3) is 0.786. The Bertz CT molecular complexity index is 324. The maximum absolute atomic E-state index is 8.80. The summed E-state index contributed by atoms with van der Waals surface area (Å²) in [6, 6.07) is 0. The fourth-order valence-electron chi connectivity index (χ4n) is 1.95. The first-order chi connectivity index (χ1) is 8.81. The minimum Gasteiger partial charge on any atom is -0.488 e. The van der Waals surface area contributed by atoms with Crippen molar-refractivity contribution >= 4 is 0 Å². The molecule has 18 heavy (non-hydrogen) atoms. The highest BCUT2D eigenvalue weighted by Crippen LogP contribution is 2.19. The van der Waals surface area contributed by atoms with E-state index in [0.717, 1.165) is 30.8 Å². The lowest BCUT2D eigenvalue weighted by atomic mass is 10.1. The largest absolute Gasteiger partial charge is 0.488 e. The molecule has 104 valence electrons. The van der Waals surface area contributed by atoms with Gasteiger partial charge in [0.2, 0.25) is 0 Å². The minimum atomic E-state index is 0.0489. The van der Waals surface area contributed by atoms with Crippen molar-refractivity contribution in [1.82, 2.24) is 9.78 Å². The first kappa shape index (κ1) is 15.0. The van der Waals surface area contributed by atoms with E-state index in [1.54, 1.807) is 0 Å². The zero-order chi connectivity index (χ0) is 13.2. The second kappa shape index (κ2) is 8.97. The molecule has 1 aromatic rings. The van der Waals surface area contributed by atoms with Crippen LogP contribution >= 0.6 is 0 Å². The van der Waals surface area contributed by atoms with Gasteiger partial charge in [-0.1, -0.05) is 32.6 Å². The summed E-state index contributed by atoms with van der Waals surface area (Å²) in [6.45, 7) is 5.54. The molecular formula is C14H26N2O2. The minimum absolute atomic E-state index is 0.0489. The maximum atomic E-state index is 8.80. The molecule has 0 saturated carbocycles. The molecule has 0 fully saturated rings. The number of aliphatic hydroxyl groups excluding tert-OH is 1. The van der Waals surface area contributed by atoms with Gasteiger partial charge in [-0.25, -0.2) is 0 Å². The molecule has 0 unspecified atom stereocenters. The first-order valence-electron chi connectivity index (χ1n) is 7.11. The summed E-state index contributed by atoms with van der Waals surface area (Å²) in [4.78, 5) is 0. The van der Waals surface area contributed by atoms with Crippen LogP contribution in [0.2, 0.25) is 0 Å². The summed E-state index contributed by atoms with van der Waals surface area (Å²) in [5, 5.41) is 13.3. The topological polar surface area (TPSA) is 47.3 Å². The zero-order valence-electron chi connectivity index (χ0n) is 11.7. The van der Waals surface area contributed by atoms with Gasteiger partial charge in [-0.3, -0.25) is 4.68 Å². The normalized spacial score (nSPS) is 10.8. The predicted octanol–water partition coefficient (Wildman–Crippen LogP) is 2.79. The van der Waals surface area contributed by atoms with Crippen LogP contribution in [-0.2, 0) is 13.0 Å². The molecule has 0 bridgehead atoms. The van der Waals surface area contributed by atoms with Crippen LogP contribution in [0, 0.1) is 0 Å². The number of ether oxygens (including phenoxy) is 1. The van der Waals surface area contributed by atoms with E-state index in [2.05, 4.69) is 18.9 Å². The molecule has 0 aliphatic rings. The Hall–Kier alpha value is -1.03. The van der Waals surface area contributed by atoms with Gasteiger partial charge in [0.15, 0.2) is 5.75 Å². The van der Waals surface area contributed by atoms with Crippen LogP contribution in [-0.4, -0.2) is 28.1 Å². The van der Waals surface area contributed by atoms with Crippen molar-refractivity contribution in [2.24, 2.45) is 0 Å². The molecule has 4 heteroatoms. The lowest BCUT2D eigenvalue weighted by Crippen LogP contribution is -2.02. The summed E-state index contributed by atoms with van der Waals surface area (Å²) in [5.74, 6) is 0.835. The van der Waals surface area contributed by atoms with Crippen LogP contribution in [0.25, 0.3) is 0 Å². The average Bonchev–Trinajstić information content (AvgIpc) is 2.78. The Balaban J connectivity index is 2.43. The third-order valence-corrected chi connectivity index (χ3v) is 2.99. The van der Waals surface area contributed by atoms with Crippen LogP contribution in [0.5, 0.6) is 5.75 Å². The standard InChI is InChI=1S/C14H26N2O2/c1-3-5-6-7-8-9-13-14(18-11-10-17)12-16(4-2)15-13/h12,17H,3-11H2,1-2H3. The molecule has 0 spiro atoms. The molecule has 0 saturated heterocycles. The molecular weight excluding hydrogens is 228 g/mol. The fourth-order valence-corrected chi connectivity index (χ4v) is 1.95. The molecule has 1 N–H and O–H groups in total. The van der Waals surface area contributed by atoms with Crippen LogP contribution in [0.3, 0.4) is 0 Å². The zero-order valence-corrected chi connectivity index (χ0v) is 11.7. The van der Waals surface area contributed by atoms with Crippen molar-refractivity contribution in [1.29, 1.82) is 0 Å². The molecule has 1 heterocycles. The Morgan fingerprint density at radius 2 is 2.00 bits per heavy atom. The summed E-state index contributed by atoms with van der Waals surface area (Å²) < 4.78 is 7.41. The monoisotopic (exact) mass is 254 g/mol. The highest BCUT2D eigenvalue weighted by Gasteiger charge is 2.09. The van der Waals surface area contributed by atoms with Gasteiger partial charge in [-0.15, -0.1) is 0 Å². The Labute approximate surface area is 110 Å². The Morgan fingerprint density at radius 1 is 1.22 bits per heavy atom. The van der Waals surface area contributed by atoms with Crippen molar-refractivity contribution in [3.8, 4) is 5.75 Å². The van der Waals surface area contributed by atoms with Gasteiger partial charge in [0.25, 0.3) is 0 Å². The van der Waals surface area contributed by atoms with E-state index in [1.165, 1.54) is 25.7 Å². The molecule has 0 amide bonds. The van der Waals surface area contributed by atoms with Crippen LogP contribution in [0.15, 0.2) is 6.20 Å². The SMILES string of the molecule is CCCCCCCc1nn(CC)cc1OCCO. The molecule has 0 aromatic carbocycles. The van der Waals surface area contributed by atoms with Crippen LogP contribution in [0.4, 0.5) is 0 Å². The van der Waals surface area contributed by atoms with Crippen molar-refractivity contribution in [3.05, 3.63) is 11.9 Å². The molecule has 1 aromatic heterocycles. The third-order valence-electron chi connectivity index (χ3n) is 2.99. The lowest BCUT2D eigenvalue weighted by Gasteiger charge is -2.03. The molecule has 4 nitrogen and oxygen atoms in total. The van der Waals surface area contributed by atoms with E-state index in [-0.39, 0.29) is 6.61 Å². The van der Waals surface area contributed by atoms with E-state index in [9.17, 15) is 0 Å². The van der Waals surface area contributed by atoms with Crippen molar-refractivity contribution in [3.63, 3.8) is 0 Å². The number of hydrogen-bond acceptors (Lipinski definition) is 3. The van der Waals surface area contributed by atoms with Crippen molar-refractivity contribution in [2.75, 3.05) is 13.2 Å². The van der Waals surface area contributed by atoms with Gasteiger partial charge in [-0.05, 0) is 19.8 Å². The highest BCUT2D eigenvalue weighted by atomic mass is 16.5. The second-order valence-electron chi connectivity index (χ2n) is 4.53. The third kappa shape index (κ3) is 5.08. The molecule has 0 atom stereocenters. The van der Waals surface area contributed by atoms with Gasteiger partial charge in [0, 0.05) is 6.54 Å². The quantitative estimate of drug-likeness (QED) is 0.653. The number of unbranched alkanes of at least 4 members (excludes halogenated alkanes) is 4. The van der Waals surface area contributed by atoms with Crippen LogP contribution < -0.4 is 4.74 Å². The van der Waals surface area contributed by atoms with Gasteiger partial charge >= 0.3 is 0 Å². The summed E-state index contributed by atoms with van der Waals surface area (Å²) in [7, 11) is 0. The highest BCUT2D eigenvalue weighted by molar-refractivity contribution is 5.24. The number of rotatable bonds is 10. The van der Waals surface area contributed by atoms with Gasteiger partial charge in [0.1, 0.15) is 12.3 Å². The van der Waals surface area contributed by atoms with Crippen LogP contribution in [0.1, 0.15) is 51.6 Å². The second-order valence-corrected chi connectivity index (χ2v) is 4.53. The molecule has 1 rings (SSSR count). The van der Waals surface area contributed by atoms with Gasteiger partial charge < -0.3 is 9.84 Å². The number of aliphatic hydroxyl groups is 1. The van der Waals surface area contributed by atoms with Gasteiger partial charge in [0.05, 0.1) is 12.8 Å². The summed E-state index contributed by atoms with van der Waals surface area (Å²) >= 11 is 0. The maximum Gasteiger partial charge on any atom is 0.160 e.